The minimum atomic E-state index is 0.113. The van der Waals surface area contributed by atoms with E-state index in [0.717, 1.165) is 38.8 Å². The summed E-state index contributed by atoms with van der Waals surface area (Å²) in [6, 6.07) is 0.491. The van der Waals surface area contributed by atoms with Crippen LogP contribution in [-0.4, -0.2) is 41.8 Å². The number of aliphatic hydroxyl groups is 1. The molecule has 0 radical (unpaired) electrons. The highest BCUT2D eigenvalue weighted by molar-refractivity contribution is 5.74. The second-order valence-electron chi connectivity index (χ2n) is 6.10. The zero-order valence-electron chi connectivity index (χ0n) is 11.9. The van der Waals surface area contributed by atoms with Crippen LogP contribution in [0, 0.1) is 5.92 Å². The van der Waals surface area contributed by atoms with Crippen LogP contribution in [0.15, 0.2) is 0 Å². The molecule has 110 valence electrons. The monoisotopic (exact) mass is 268 g/mol. The van der Waals surface area contributed by atoms with Gasteiger partial charge in [-0.3, -0.25) is 0 Å². The van der Waals surface area contributed by atoms with Crippen molar-refractivity contribution >= 4 is 6.03 Å². The first-order chi connectivity index (χ1) is 9.29. The predicted octanol–water partition coefficient (Wildman–Crippen LogP) is 2.51. The molecule has 2 fully saturated rings. The molecule has 0 spiro atoms. The fourth-order valence-electron chi connectivity index (χ4n) is 3.19. The van der Waals surface area contributed by atoms with Crippen molar-refractivity contribution in [3.63, 3.8) is 0 Å². The highest BCUT2D eigenvalue weighted by atomic mass is 16.3. The van der Waals surface area contributed by atoms with Crippen LogP contribution >= 0.6 is 0 Å². The van der Waals surface area contributed by atoms with Crippen molar-refractivity contribution in [3.8, 4) is 0 Å². The van der Waals surface area contributed by atoms with Gasteiger partial charge in [-0.05, 0) is 31.6 Å². The molecule has 4 heteroatoms. The third-order valence-corrected chi connectivity index (χ3v) is 4.59. The summed E-state index contributed by atoms with van der Waals surface area (Å²) in [6.07, 6.45) is 10.6. The van der Waals surface area contributed by atoms with E-state index in [1.54, 1.807) is 0 Å². The van der Waals surface area contributed by atoms with E-state index in [1.807, 2.05) is 4.90 Å². The number of aliphatic hydroxyl groups excluding tert-OH is 1. The van der Waals surface area contributed by atoms with Crippen molar-refractivity contribution < 1.29 is 9.90 Å². The summed E-state index contributed by atoms with van der Waals surface area (Å²) in [6.45, 7) is 1.85. The Bertz CT molecular complexity index is 267. The lowest BCUT2D eigenvalue weighted by molar-refractivity contribution is 0.134. The molecule has 2 aliphatic rings. The molecule has 19 heavy (non-hydrogen) atoms. The average molecular weight is 268 g/mol. The Labute approximate surface area is 116 Å². The maximum Gasteiger partial charge on any atom is 0.317 e. The van der Waals surface area contributed by atoms with Gasteiger partial charge in [0.05, 0.1) is 0 Å². The van der Waals surface area contributed by atoms with Crippen LogP contribution in [0.4, 0.5) is 4.79 Å². The van der Waals surface area contributed by atoms with Crippen LogP contribution in [0.2, 0.25) is 0 Å². The van der Waals surface area contributed by atoms with Gasteiger partial charge in [0.15, 0.2) is 0 Å². The Morgan fingerprint density at radius 3 is 2.16 bits per heavy atom. The van der Waals surface area contributed by atoms with Gasteiger partial charge in [0.25, 0.3) is 0 Å². The second-order valence-corrected chi connectivity index (χ2v) is 6.10. The summed E-state index contributed by atoms with van der Waals surface area (Å²) >= 11 is 0. The van der Waals surface area contributed by atoms with Crippen LogP contribution in [0.1, 0.15) is 57.8 Å². The topological polar surface area (TPSA) is 52.6 Å². The molecule has 1 saturated heterocycles. The average Bonchev–Trinajstić information content (AvgIpc) is 2.41. The minimum absolute atomic E-state index is 0.113. The van der Waals surface area contributed by atoms with Gasteiger partial charge in [0, 0.05) is 25.7 Å². The fourth-order valence-corrected chi connectivity index (χ4v) is 3.19. The molecule has 0 atom stereocenters. The number of piperidine rings is 1. The lowest BCUT2D eigenvalue weighted by Gasteiger charge is -2.33. The first kappa shape index (κ1) is 14.6. The summed E-state index contributed by atoms with van der Waals surface area (Å²) in [5, 5.41) is 12.3. The Balaban J connectivity index is 1.73. The number of carbonyl (C=O) groups is 1. The van der Waals surface area contributed by atoms with Gasteiger partial charge in [-0.25, -0.2) is 4.79 Å². The third kappa shape index (κ3) is 4.68. The van der Waals surface area contributed by atoms with E-state index in [2.05, 4.69) is 5.32 Å². The lowest BCUT2D eigenvalue weighted by atomic mass is 9.96. The maximum atomic E-state index is 12.2. The van der Waals surface area contributed by atoms with E-state index in [4.69, 9.17) is 5.11 Å². The molecule has 0 aromatic carbocycles. The van der Waals surface area contributed by atoms with Gasteiger partial charge in [-0.1, -0.05) is 32.1 Å². The number of hydrogen-bond acceptors (Lipinski definition) is 2. The van der Waals surface area contributed by atoms with E-state index in [1.165, 1.54) is 32.1 Å². The molecule has 0 aromatic rings. The molecule has 1 saturated carbocycles. The van der Waals surface area contributed by atoms with E-state index >= 15 is 0 Å². The van der Waals surface area contributed by atoms with Gasteiger partial charge in [-0.2, -0.15) is 0 Å². The largest absolute Gasteiger partial charge is 0.396 e. The Hall–Kier alpha value is -0.770. The van der Waals surface area contributed by atoms with Crippen molar-refractivity contribution in [2.75, 3.05) is 19.7 Å². The Morgan fingerprint density at radius 1 is 1.00 bits per heavy atom. The molecule has 1 heterocycles. The number of nitrogens with one attached hydrogen (secondary N) is 1. The first-order valence-electron chi connectivity index (χ1n) is 7.96. The number of likely N-dealkylation sites (tertiary alicyclic amines) is 1. The summed E-state index contributed by atoms with van der Waals surface area (Å²) < 4.78 is 0. The van der Waals surface area contributed by atoms with Crippen molar-refractivity contribution in [1.82, 2.24) is 10.2 Å². The minimum Gasteiger partial charge on any atom is -0.396 e. The van der Waals surface area contributed by atoms with Gasteiger partial charge in [0.2, 0.25) is 0 Å². The van der Waals surface area contributed by atoms with E-state index < -0.39 is 0 Å². The molecule has 2 amide bonds. The van der Waals surface area contributed by atoms with Crippen LogP contribution < -0.4 is 5.32 Å². The molecule has 0 bridgehead atoms. The number of amides is 2. The molecular weight excluding hydrogens is 240 g/mol. The van der Waals surface area contributed by atoms with Crippen molar-refractivity contribution in [2.24, 2.45) is 5.92 Å². The molecule has 1 aliphatic carbocycles. The maximum absolute atomic E-state index is 12.2. The molecule has 2 rings (SSSR count). The third-order valence-electron chi connectivity index (χ3n) is 4.59. The Kier molecular flexibility index (Phi) is 5.95. The number of rotatable bonds is 2. The summed E-state index contributed by atoms with van der Waals surface area (Å²) in [5.74, 6) is 0.394. The summed E-state index contributed by atoms with van der Waals surface area (Å²) in [7, 11) is 0. The number of carbonyl (C=O) groups excluding carboxylic acids is 1. The second kappa shape index (κ2) is 7.73. The SMILES string of the molecule is O=C(NC1CCCCCCC1)N1CCC(CO)CC1. The smallest absolute Gasteiger partial charge is 0.317 e. The van der Waals surface area contributed by atoms with Gasteiger partial charge >= 0.3 is 6.03 Å². The highest BCUT2D eigenvalue weighted by Gasteiger charge is 2.23. The molecule has 0 aromatic heterocycles. The predicted molar refractivity (Wildman–Crippen MR) is 76.0 cm³/mol. The van der Waals surface area contributed by atoms with Crippen LogP contribution in [0.5, 0.6) is 0 Å². The van der Waals surface area contributed by atoms with Crippen LogP contribution in [-0.2, 0) is 0 Å². The molecule has 1 aliphatic heterocycles. The number of hydrogen-bond donors (Lipinski definition) is 2. The number of nitrogens with zero attached hydrogens (tertiary/aromatic N) is 1. The van der Waals surface area contributed by atoms with Crippen molar-refractivity contribution in [3.05, 3.63) is 0 Å². The zero-order valence-corrected chi connectivity index (χ0v) is 11.9. The van der Waals surface area contributed by atoms with E-state index in [0.29, 0.717) is 12.0 Å². The summed E-state index contributed by atoms with van der Waals surface area (Å²) in [5.41, 5.74) is 0. The van der Waals surface area contributed by atoms with E-state index in [9.17, 15) is 4.79 Å². The fraction of sp³-hybridized carbons (Fsp3) is 0.933. The van der Waals surface area contributed by atoms with Gasteiger partial charge < -0.3 is 15.3 Å². The molecule has 0 unspecified atom stereocenters. The van der Waals surface area contributed by atoms with Crippen LogP contribution in [0.3, 0.4) is 0 Å². The molecule has 2 N–H and O–H groups in total. The highest BCUT2D eigenvalue weighted by Crippen LogP contribution is 2.19. The molecular formula is C15H28N2O2. The summed E-state index contributed by atoms with van der Waals surface area (Å²) in [4.78, 5) is 14.1. The number of urea groups is 1. The van der Waals surface area contributed by atoms with Crippen LogP contribution in [0.25, 0.3) is 0 Å². The van der Waals surface area contributed by atoms with E-state index in [-0.39, 0.29) is 12.6 Å². The van der Waals surface area contributed by atoms with Gasteiger partial charge in [-0.15, -0.1) is 0 Å². The standard InChI is InChI=1S/C15H28N2O2/c18-12-13-8-10-17(11-9-13)15(19)16-14-6-4-2-1-3-5-7-14/h13-14,18H,1-12H2,(H,16,19). The first-order valence-corrected chi connectivity index (χ1v) is 7.96. The van der Waals surface area contributed by atoms with Gasteiger partial charge in [0.1, 0.15) is 0 Å². The lowest BCUT2D eigenvalue weighted by Crippen LogP contribution is -2.48. The quantitative estimate of drug-likeness (QED) is 0.808. The normalized spacial score (nSPS) is 23.7. The molecule has 4 nitrogen and oxygen atoms in total. The zero-order chi connectivity index (χ0) is 13.5. The van der Waals surface area contributed by atoms with Crippen molar-refractivity contribution in [1.29, 1.82) is 0 Å². The Morgan fingerprint density at radius 2 is 1.58 bits per heavy atom. The van der Waals surface area contributed by atoms with Crippen molar-refractivity contribution in [2.45, 2.75) is 63.8 Å².